The third-order valence-electron chi connectivity index (χ3n) is 7.36. The second kappa shape index (κ2) is 7.78. The van der Waals surface area contributed by atoms with Gasteiger partial charge in [0.05, 0.1) is 12.5 Å². The number of nitrogens with two attached hydrogens (primary N) is 1. The summed E-state index contributed by atoms with van der Waals surface area (Å²) in [6.07, 6.45) is 2.25. The molecule has 0 spiro atoms. The van der Waals surface area contributed by atoms with E-state index in [4.69, 9.17) is 15.6 Å². The topological polar surface area (TPSA) is 119 Å². The lowest BCUT2D eigenvalue weighted by Crippen LogP contribution is -2.47. The second-order valence-corrected chi connectivity index (χ2v) is 9.09. The maximum absolute atomic E-state index is 13.1. The lowest BCUT2D eigenvalue weighted by atomic mass is 9.70. The van der Waals surface area contributed by atoms with Crippen LogP contribution in [0.3, 0.4) is 0 Å². The van der Waals surface area contributed by atoms with Crippen LogP contribution in [0.1, 0.15) is 58.1 Å². The van der Waals surface area contributed by atoms with E-state index in [1.807, 2.05) is 6.07 Å². The Bertz CT molecular complexity index is 794. The van der Waals surface area contributed by atoms with Gasteiger partial charge in [-0.3, -0.25) is 9.59 Å². The molecule has 1 aromatic carbocycles. The summed E-state index contributed by atoms with van der Waals surface area (Å²) in [5.74, 6) is -1.90. The van der Waals surface area contributed by atoms with E-state index >= 15 is 0 Å². The Hall–Kier alpha value is -2.41. The fourth-order valence-electron chi connectivity index (χ4n) is 4.97. The number of esters is 1. The maximum Gasteiger partial charge on any atom is 0.333 e. The minimum absolute atomic E-state index is 0.0906. The van der Waals surface area contributed by atoms with E-state index in [1.165, 1.54) is 0 Å². The Morgan fingerprint density at radius 3 is 2.41 bits per heavy atom. The normalized spacial score (nSPS) is 29.1. The lowest BCUT2D eigenvalue weighted by Gasteiger charge is -2.38. The number of carboxylic acids is 1. The highest BCUT2D eigenvalue weighted by molar-refractivity contribution is 5.90. The summed E-state index contributed by atoms with van der Waals surface area (Å²) < 4.78 is 5.95. The van der Waals surface area contributed by atoms with Gasteiger partial charge in [0.25, 0.3) is 0 Å². The summed E-state index contributed by atoms with van der Waals surface area (Å²) in [5.41, 5.74) is 6.23. The predicted octanol–water partition coefficient (Wildman–Crippen LogP) is 2.40. The summed E-state index contributed by atoms with van der Waals surface area (Å²) in [6, 6.07) is 6.51. The molecule has 158 valence electrons. The first kappa shape index (κ1) is 21.3. The van der Waals surface area contributed by atoms with Crippen LogP contribution in [-0.2, 0) is 19.1 Å². The van der Waals surface area contributed by atoms with Crippen molar-refractivity contribution in [3.8, 4) is 0 Å². The summed E-state index contributed by atoms with van der Waals surface area (Å²) in [7, 11) is 0. The average Bonchev–Trinajstić information content (AvgIpc) is 2.99. The van der Waals surface area contributed by atoms with Gasteiger partial charge >= 0.3 is 11.9 Å². The molecule has 0 saturated heterocycles. The average molecular weight is 402 g/mol. The molecule has 2 aliphatic carbocycles. The molecular formula is C22H30N2O5. The van der Waals surface area contributed by atoms with E-state index in [0.29, 0.717) is 11.5 Å². The molecule has 1 amide bonds. The first-order valence-corrected chi connectivity index (χ1v) is 10.1. The zero-order valence-corrected chi connectivity index (χ0v) is 17.2. The van der Waals surface area contributed by atoms with Gasteiger partial charge in [-0.15, -0.1) is 0 Å². The van der Waals surface area contributed by atoms with Crippen molar-refractivity contribution in [2.45, 2.75) is 64.6 Å². The third-order valence-corrected chi connectivity index (χ3v) is 7.36. The van der Waals surface area contributed by atoms with Gasteiger partial charge in [-0.05, 0) is 36.2 Å². The van der Waals surface area contributed by atoms with E-state index in [0.717, 1.165) is 19.3 Å². The van der Waals surface area contributed by atoms with Gasteiger partial charge in [0, 0.05) is 5.41 Å². The van der Waals surface area contributed by atoms with Crippen LogP contribution >= 0.6 is 0 Å². The monoisotopic (exact) mass is 402 g/mol. The van der Waals surface area contributed by atoms with Gasteiger partial charge < -0.3 is 20.9 Å². The molecule has 0 aromatic heterocycles. The third kappa shape index (κ3) is 3.88. The number of amides is 1. The molecule has 2 fully saturated rings. The number of ether oxygens (including phenoxy) is 1. The van der Waals surface area contributed by atoms with E-state index in [-0.39, 0.29) is 16.9 Å². The van der Waals surface area contributed by atoms with E-state index < -0.39 is 36.4 Å². The first-order valence-electron chi connectivity index (χ1n) is 10.1. The van der Waals surface area contributed by atoms with Gasteiger partial charge in [-0.25, -0.2) is 4.79 Å². The number of rotatable bonds is 7. The van der Waals surface area contributed by atoms with Crippen LogP contribution in [0.2, 0.25) is 0 Å². The number of carbonyl (C=O) groups is 3. The number of hydrogen-bond acceptors (Lipinski definition) is 5. The SMILES string of the molecule is CC1(C)C2CCC1(C)C(OC(=O)[C@H](NC(=O)[C@@H](N)CC(=O)O)c1ccccc1)C2. The number of hydrogen-bond donors (Lipinski definition) is 3. The number of fused-ring (bicyclic) bond motifs is 2. The molecule has 4 N–H and O–H groups in total. The van der Waals surface area contributed by atoms with Crippen molar-refractivity contribution < 1.29 is 24.2 Å². The Morgan fingerprint density at radius 1 is 1.24 bits per heavy atom. The van der Waals surface area contributed by atoms with Gasteiger partial charge in [-0.2, -0.15) is 0 Å². The molecule has 5 atom stereocenters. The minimum atomic E-state index is -1.24. The van der Waals surface area contributed by atoms with Crippen LogP contribution in [-0.4, -0.2) is 35.1 Å². The molecule has 7 heteroatoms. The van der Waals surface area contributed by atoms with Crippen molar-refractivity contribution in [3.05, 3.63) is 35.9 Å². The van der Waals surface area contributed by atoms with Gasteiger partial charge in [-0.1, -0.05) is 51.1 Å². The largest absolute Gasteiger partial charge is 0.481 e. The van der Waals surface area contributed by atoms with Crippen molar-refractivity contribution in [2.24, 2.45) is 22.5 Å². The molecule has 2 bridgehead atoms. The van der Waals surface area contributed by atoms with E-state index in [9.17, 15) is 14.4 Å². The van der Waals surface area contributed by atoms with Gasteiger partial charge in [0.2, 0.25) is 5.91 Å². The molecule has 0 aliphatic heterocycles. The maximum atomic E-state index is 13.1. The number of aliphatic carboxylic acids is 1. The van der Waals surface area contributed by atoms with Crippen molar-refractivity contribution in [1.29, 1.82) is 0 Å². The molecular weight excluding hydrogens is 372 g/mol. The lowest BCUT2D eigenvalue weighted by molar-refractivity contribution is -0.160. The second-order valence-electron chi connectivity index (χ2n) is 9.09. The Kier molecular flexibility index (Phi) is 5.72. The molecule has 2 saturated carbocycles. The standard InChI is InChI=1S/C22H30N2O5/c1-21(2)14-9-10-22(21,3)16(11-14)29-20(28)18(13-7-5-4-6-8-13)24-19(27)15(23)12-17(25)26/h4-8,14-16,18H,9-12,23H2,1-3H3,(H,24,27)(H,25,26)/t14?,15-,16?,18+,22?/m0/s1. The molecule has 0 radical (unpaired) electrons. The van der Waals surface area contributed by atoms with Crippen LogP contribution in [0, 0.1) is 16.7 Å². The smallest absolute Gasteiger partial charge is 0.333 e. The molecule has 3 unspecified atom stereocenters. The first-order chi connectivity index (χ1) is 13.6. The van der Waals surface area contributed by atoms with Crippen molar-refractivity contribution in [2.75, 3.05) is 0 Å². The number of carboxylic acid groups (broad SMARTS) is 1. The van der Waals surface area contributed by atoms with Crippen molar-refractivity contribution >= 4 is 17.8 Å². The molecule has 3 rings (SSSR count). The minimum Gasteiger partial charge on any atom is -0.481 e. The van der Waals surface area contributed by atoms with Gasteiger partial charge in [0.1, 0.15) is 6.10 Å². The number of nitrogens with one attached hydrogen (secondary N) is 1. The summed E-state index contributed by atoms with van der Waals surface area (Å²) in [4.78, 5) is 36.4. The number of carbonyl (C=O) groups excluding carboxylic acids is 2. The molecule has 7 nitrogen and oxygen atoms in total. The van der Waals surface area contributed by atoms with Crippen molar-refractivity contribution in [1.82, 2.24) is 5.32 Å². The zero-order valence-electron chi connectivity index (χ0n) is 17.2. The van der Waals surface area contributed by atoms with Crippen LogP contribution in [0.25, 0.3) is 0 Å². The number of benzene rings is 1. The fourth-order valence-corrected chi connectivity index (χ4v) is 4.97. The van der Waals surface area contributed by atoms with Crippen LogP contribution in [0.4, 0.5) is 0 Å². The Labute approximate surface area is 171 Å². The zero-order chi connectivity index (χ0) is 21.4. The highest BCUT2D eigenvalue weighted by atomic mass is 16.5. The summed E-state index contributed by atoms with van der Waals surface area (Å²) in [5, 5.41) is 11.5. The molecule has 1 aromatic rings. The fraction of sp³-hybridized carbons (Fsp3) is 0.591. The summed E-state index contributed by atoms with van der Waals surface area (Å²) in [6.45, 7) is 6.65. The summed E-state index contributed by atoms with van der Waals surface area (Å²) >= 11 is 0. The molecule has 2 aliphatic rings. The molecule has 29 heavy (non-hydrogen) atoms. The highest BCUT2D eigenvalue weighted by Crippen LogP contribution is 2.66. The Balaban J connectivity index is 1.77. The van der Waals surface area contributed by atoms with Crippen molar-refractivity contribution in [3.63, 3.8) is 0 Å². The van der Waals surface area contributed by atoms with E-state index in [1.54, 1.807) is 24.3 Å². The van der Waals surface area contributed by atoms with Crippen LogP contribution in [0.5, 0.6) is 0 Å². The van der Waals surface area contributed by atoms with Crippen LogP contribution < -0.4 is 11.1 Å². The predicted molar refractivity (Wildman–Crippen MR) is 107 cm³/mol. The van der Waals surface area contributed by atoms with Gasteiger partial charge in [0.15, 0.2) is 6.04 Å². The molecule has 0 heterocycles. The van der Waals surface area contributed by atoms with E-state index in [2.05, 4.69) is 26.1 Å². The highest BCUT2D eigenvalue weighted by Gasteiger charge is 2.63. The quantitative estimate of drug-likeness (QED) is 0.603. The van der Waals surface area contributed by atoms with Crippen LogP contribution in [0.15, 0.2) is 30.3 Å². The Morgan fingerprint density at radius 2 is 1.90 bits per heavy atom.